The van der Waals surface area contributed by atoms with E-state index >= 15 is 0 Å². The number of carbonyl (C=O) groups is 1. The lowest BCUT2D eigenvalue weighted by Crippen LogP contribution is -1.94. The molecular formula is C9H11NOS. The normalized spacial score (nSPS) is 9.83. The standard InChI is InChI=1S/C9H11NOS/c1-2-3-7-4-5-8(9(11)12)10-6-7/h4-6H,2-3H2,1H3,(H,11,12). The average molecular weight is 181 g/mol. The highest BCUT2D eigenvalue weighted by Gasteiger charge is 2.00. The van der Waals surface area contributed by atoms with Crippen molar-refractivity contribution >= 4 is 17.7 Å². The van der Waals surface area contributed by atoms with Gasteiger partial charge in [-0.3, -0.25) is 9.78 Å². The summed E-state index contributed by atoms with van der Waals surface area (Å²) in [5, 5.41) is -0.280. The van der Waals surface area contributed by atoms with Gasteiger partial charge in [-0.15, -0.1) is 0 Å². The molecule has 0 aliphatic heterocycles. The van der Waals surface area contributed by atoms with Gasteiger partial charge in [0.25, 0.3) is 0 Å². The number of pyridine rings is 1. The summed E-state index contributed by atoms with van der Waals surface area (Å²) in [6.45, 7) is 2.11. The summed E-state index contributed by atoms with van der Waals surface area (Å²) in [4.78, 5) is 14.7. The molecular weight excluding hydrogens is 170 g/mol. The number of aromatic nitrogens is 1. The molecule has 0 unspecified atom stereocenters. The van der Waals surface area contributed by atoms with Crippen LogP contribution in [0, 0.1) is 0 Å². The van der Waals surface area contributed by atoms with E-state index in [1.165, 1.54) is 0 Å². The van der Waals surface area contributed by atoms with E-state index < -0.39 is 0 Å². The van der Waals surface area contributed by atoms with E-state index in [0.29, 0.717) is 5.69 Å². The van der Waals surface area contributed by atoms with Crippen LogP contribution in [0.2, 0.25) is 0 Å². The maximum Gasteiger partial charge on any atom is 0.234 e. The van der Waals surface area contributed by atoms with Crippen molar-refractivity contribution in [3.63, 3.8) is 0 Å². The van der Waals surface area contributed by atoms with Gasteiger partial charge in [0.1, 0.15) is 5.69 Å². The van der Waals surface area contributed by atoms with E-state index in [0.717, 1.165) is 18.4 Å². The maximum absolute atomic E-state index is 10.7. The molecule has 0 radical (unpaired) electrons. The molecule has 0 aliphatic rings. The molecule has 1 heterocycles. The Bertz CT molecular complexity index is 268. The molecule has 0 saturated carbocycles. The smallest absolute Gasteiger partial charge is 0.234 e. The Morgan fingerprint density at radius 3 is 2.75 bits per heavy atom. The predicted octanol–water partition coefficient (Wildman–Crippen LogP) is 2.10. The lowest BCUT2D eigenvalue weighted by molar-refractivity contribution is 0.108. The molecule has 1 aromatic heterocycles. The van der Waals surface area contributed by atoms with Crippen LogP contribution in [0.4, 0.5) is 0 Å². The molecule has 0 aromatic carbocycles. The second-order valence-corrected chi connectivity index (χ2v) is 3.01. The van der Waals surface area contributed by atoms with Crippen LogP contribution in [0.1, 0.15) is 29.4 Å². The summed E-state index contributed by atoms with van der Waals surface area (Å²) in [5.41, 5.74) is 1.58. The summed E-state index contributed by atoms with van der Waals surface area (Å²) in [5.74, 6) is 0. The third-order valence-corrected chi connectivity index (χ3v) is 1.81. The van der Waals surface area contributed by atoms with Gasteiger partial charge >= 0.3 is 0 Å². The third-order valence-electron chi connectivity index (χ3n) is 1.58. The van der Waals surface area contributed by atoms with Crippen LogP contribution < -0.4 is 0 Å². The van der Waals surface area contributed by atoms with Crippen molar-refractivity contribution < 1.29 is 4.79 Å². The highest BCUT2D eigenvalue weighted by molar-refractivity contribution is 7.97. The monoisotopic (exact) mass is 181 g/mol. The van der Waals surface area contributed by atoms with Crippen molar-refractivity contribution in [3.8, 4) is 0 Å². The molecule has 0 spiro atoms. The molecule has 0 atom stereocenters. The average Bonchev–Trinajstić information content (AvgIpc) is 2.06. The quantitative estimate of drug-likeness (QED) is 0.724. The first-order valence-corrected chi connectivity index (χ1v) is 4.37. The van der Waals surface area contributed by atoms with Gasteiger partial charge in [0, 0.05) is 6.20 Å². The molecule has 12 heavy (non-hydrogen) atoms. The van der Waals surface area contributed by atoms with Crippen molar-refractivity contribution in [3.05, 3.63) is 29.6 Å². The number of hydrogen-bond acceptors (Lipinski definition) is 2. The first-order valence-electron chi connectivity index (χ1n) is 3.92. The summed E-state index contributed by atoms with van der Waals surface area (Å²) in [7, 11) is 0. The number of nitrogens with zero attached hydrogens (tertiary/aromatic N) is 1. The molecule has 3 heteroatoms. The van der Waals surface area contributed by atoms with Crippen molar-refractivity contribution in [2.75, 3.05) is 0 Å². The lowest BCUT2D eigenvalue weighted by atomic mass is 10.2. The van der Waals surface area contributed by atoms with Gasteiger partial charge in [-0.25, -0.2) is 0 Å². The summed E-state index contributed by atoms with van der Waals surface area (Å²) in [6.07, 6.45) is 3.83. The molecule has 0 aliphatic carbocycles. The Balaban J connectivity index is 2.78. The zero-order chi connectivity index (χ0) is 8.97. The van der Waals surface area contributed by atoms with Gasteiger partial charge in [0.05, 0.1) is 0 Å². The van der Waals surface area contributed by atoms with Crippen molar-refractivity contribution in [2.24, 2.45) is 0 Å². The van der Waals surface area contributed by atoms with E-state index in [4.69, 9.17) is 0 Å². The van der Waals surface area contributed by atoms with Crippen LogP contribution in [0.5, 0.6) is 0 Å². The largest absolute Gasteiger partial charge is 0.280 e. The third kappa shape index (κ3) is 2.34. The molecule has 0 fully saturated rings. The van der Waals surface area contributed by atoms with Crippen molar-refractivity contribution in [1.29, 1.82) is 0 Å². The van der Waals surface area contributed by atoms with Crippen molar-refractivity contribution in [1.82, 2.24) is 4.98 Å². The zero-order valence-corrected chi connectivity index (χ0v) is 7.84. The van der Waals surface area contributed by atoms with Crippen LogP contribution in [-0.2, 0) is 6.42 Å². The summed E-state index contributed by atoms with van der Waals surface area (Å²) < 4.78 is 0. The predicted molar refractivity (Wildman–Crippen MR) is 51.5 cm³/mol. The van der Waals surface area contributed by atoms with E-state index in [2.05, 4.69) is 24.5 Å². The van der Waals surface area contributed by atoms with Crippen LogP contribution >= 0.6 is 12.6 Å². The Kier molecular flexibility index (Phi) is 3.29. The highest BCUT2D eigenvalue weighted by atomic mass is 32.1. The topological polar surface area (TPSA) is 30.0 Å². The molecule has 0 bridgehead atoms. The molecule has 1 aromatic rings. The van der Waals surface area contributed by atoms with Gasteiger partial charge in [-0.2, -0.15) is 0 Å². The minimum absolute atomic E-state index is 0.280. The second-order valence-electron chi connectivity index (χ2n) is 2.61. The van der Waals surface area contributed by atoms with E-state index in [1.807, 2.05) is 6.07 Å². The zero-order valence-electron chi connectivity index (χ0n) is 6.95. The Morgan fingerprint density at radius 2 is 2.33 bits per heavy atom. The fraction of sp³-hybridized carbons (Fsp3) is 0.333. The summed E-state index contributed by atoms with van der Waals surface area (Å²) >= 11 is 3.67. The van der Waals surface area contributed by atoms with E-state index in [-0.39, 0.29) is 5.12 Å². The first-order chi connectivity index (χ1) is 5.74. The van der Waals surface area contributed by atoms with Gasteiger partial charge in [0.2, 0.25) is 5.12 Å². The SMILES string of the molecule is CCCc1ccc(C(=O)S)nc1. The number of thiol groups is 1. The highest BCUT2D eigenvalue weighted by Crippen LogP contribution is 2.04. The second kappa shape index (κ2) is 4.26. The number of carbonyl (C=O) groups excluding carboxylic acids is 1. The minimum atomic E-state index is -0.280. The van der Waals surface area contributed by atoms with Gasteiger partial charge in [0.15, 0.2) is 0 Å². The fourth-order valence-electron chi connectivity index (χ4n) is 0.988. The number of hydrogen-bond donors (Lipinski definition) is 1. The summed E-state index contributed by atoms with van der Waals surface area (Å²) in [6, 6.07) is 3.63. The molecule has 2 nitrogen and oxygen atoms in total. The van der Waals surface area contributed by atoms with Crippen LogP contribution in [0.25, 0.3) is 0 Å². The van der Waals surface area contributed by atoms with Gasteiger partial charge in [-0.1, -0.05) is 32.0 Å². The van der Waals surface area contributed by atoms with Crippen LogP contribution in [-0.4, -0.2) is 10.1 Å². The Hall–Kier alpha value is -0.830. The van der Waals surface area contributed by atoms with Gasteiger partial charge < -0.3 is 0 Å². The Labute approximate surface area is 77.4 Å². The Morgan fingerprint density at radius 1 is 1.58 bits per heavy atom. The fourth-order valence-corrected chi connectivity index (χ4v) is 1.12. The van der Waals surface area contributed by atoms with Crippen LogP contribution in [0.15, 0.2) is 18.3 Å². The molecule has 64 valence electrons. The minimum Gasteiger partial charge on any atom is -0.280 e. The van der Waals surface area contributed by atoms with E-state index in [1.54, 1.807) is 12.3 Å². The molecule has 0 amide bonds. The van der Waals surface area contributed by atoms with Gasteiger partial charge in [-0.05, 0) is 18.1 Å². The van der Waals surface area contributed by atoms with E-state index in [9.17, 15) is 4.79 Å². The molecule has 0 saturated heterocycles. The van der Waals surface area contributed by atoms with Crippen molar-refractivity contribution in [2.45, 2.75) is 19.8 Å². The molecule has 1 rings (SSSR count). The molecule has 0 N–H and O–H groups in total. The maximum atomic E-state index is 10.7. The number of rotatable bonds is 3. The number of aryl methyl sites for hydroxylation is 1. The van der Waals surface area contributed by atoms with Crippen LogP contribution in [0.3, 0.4) is 0 Å². The lowest BCUT2D eigenvalue weighted by Gasteiger charge is -1.97. The first kappa shape index (κ1) is 9.26.